The number of hydrogen-bond donors (Lipinski definition) is 1. The molecule has 0 heterocycles. The van der Waals surface area contributed by atoms with Gasteiger partial charge in [-0.2, -0.15) is 0 Å². The largest absolute Gasteiger partial charge is 1.00 e. The minimum Gasteiger partial charge on any atom is -1.00 e. The van der Waals surface area contributed by atoms with Gasteiger partial charge in [0.25, 0.3) is 5.91 Å². The summed E-state index contributed by atoms with van der Waals surface area (Å²) in [4.78, 5) is 14.9. The molecule has 1 amide bonds. The van der Waals surface area contributed by atoms with E-state index in [1.807, 2.05) is 19.0 Å². The van der Waals surface area contributed by atoms with Crippen LogP contribution in [0, 0.1) is 0 Å². The van der Waals surface area contributed by atoms with Crippen LogP contribution < -0.4 is 17.0 Å². The monoisotopic (exact) mass is 650 g/mol. The zero-order chi connectivity index (χ0) is 29.6. The maximum Gasteiger partial charge on any atom is 0.277 e. The summed E-state index contributed by atoms with van der Waals surface area (Å²) in [5.74, 6) is 0.114. The SMILES string of the molecule is CCCCCCCCCCCCOCCN(CCOCCCCCCCCCCCC)C(=O)C[N+](C)(C)CCO.[Br-]. The van der Waals surface area contributed by atoms with Crippen molar-refractivity contribution >= 4 is 5.91 Å². The first-order chi connectivity index (χ1) is 19.5. The van der Waals surface area contributed by atoms with Crippen molar-refractivity contribution in [2.75, 3.05) is 73.3 Å². The molecular weight excluding hydrogens is 580 g/mol. The summed E-state index contributed by atoms with van der Waals surface area (Å²) in [6.07, 6.45) is 26.5. The molecule has 0 fully saturated rings. The number of carbonyl (C=O) groups excluding carboxylic acids is 1. The number of quaternary nitrogens is 1. The van der Waals surface area contributed by atoms with E-state index >= 15 is 0 Å². The van der Waals surface area contributed by atoms with Gasteiger partial charge in [0.1, 0.15) is 6.54 Å². The predicted octanol–water partition coefficient (Wildman–Crippen LogP) is 4.76. The minimum absolute atomic E-state index is 0. The van der Waals surface area contributed by atoms with Crippen LogP contribution in [0.2, 0.25) is 0 Å². The van der Waals surface area contributed by atoms with E-state index < -0.39 is 0 Å². The summed E-state index contributed by atoms with van der Waals surface area (Å²) in [6.45, 7) is 9.52. The average Bonchev–Trinajstić information content (AvgIpc) is 2.92. The van der Waals surface area contributed by atoms with Crippen molar-refractivity contribution < 1.29 is 40.8 Å². The van der Waals surface area contributed by atoms with Crippen LogP contribution in [-0.2, 0) is 14.3 Å². The number of rotatable bonds is 32. The van der Waals surface area contributed by atoms with Crippen molar-refractivity contribution in [2.24, 2.45) is 0 Å². The van der Waals surface area contributed by atoms with E-state index in [1.165, 1.54) is 116 Å². The van der Waals surface area contributed by atoms with Crippen LogP contribution >= 0.6 is 0 Å². The van der Waals surface area contributed by atoms with Crippen LogP contribution in [0.3, 0.4) is 0 Å². The van der Waals surface area contributed by atoms with Crippen molar-refractivity contribution in [2.45, 2.75) is 142 Å². The van der Waals surface area contributed by atoms with Gasteiger partial charge in [-0.05, 0) is 12.8 Å². The van der Waals surface area contributed by atoms with Gasteiger partial charge in [0, 0.05) is 26.3 Å². The first-order valence-corrected chi connectivity index (χ1v) is 17.3. The molecule has 41 heavy (non-hydrogen) atoms. The maximum atomic E-state index is 13.1. The molecular formula is C34H71BrN2O4. The molecule has 0 aromatic heterocycles. The van der Waals surface area contributed by atoms with E-state index in [-0.39, 0.29) is 29.5 Å². The molecule has 0 saturated heterocycles. The zero-order valence-electron chi connectivity index (χ0n) is 28.0. The van der Waals surface area contributed by atoms with Crippen LogP contribution in [0.1, 0.15) is 142 Å². The fourth-order valence-corrected chi connectivity index (χ4v) is 5.11. The number of carbonyl (C=O) groups is 1. The third kappa shape index (κ3) is 31.0. The van der Waals surface area contributed by atoms with Gasteiger partial charge < -0.3 is 40.9 Å². The molecule has 0 aliphatic heterocycles. The predicted molar refractivity (Wildman–Crippen MR) is 171 cm³/mol. The van der Waals surface area contributed by atoms with Crippen LogP contribution in [0.5, 0.6) is 0 Å². The van der Waals surface area contributed by atoms with Crippen LogP contribution in [0.25, 0.3) is 0 Å². The Labute approximate surface area is 266 Å². The number of hydrogen-bond acceptors (Lipinski definition) is 4. The Balaban J connectivity index is 0. The van der Waals surface area contributed by atoms with Gasteiger partial charge in [0.2, 0.25) is 0 Å². The highest BCUT2D eigenvalue weighted by molar-refractivity contribution is 5.77. The topological polar surface area (TPSA) is 59.0 Å². The Morgan fingerprint density at radius 1 is 0.585 bits per heavy atom. The van der Waals surface area contributed by atoms with Crippen molar-refractivity contribution in [3.05, 3.63) is 0 Å². The number of aliphatic hydroxyl groups is 1. The third-order valence-corrected chi connectivity index (χ3v) is 7.92. The van der Waals surface area contributed by atoms with E-state index in [1.54, 1.807) is 0 Å². The maximum absolute atomic E-state index is 13.1. The summed E-state index contributed by atoms with van der Waals surface area (Å²) in [5, 5.41) is 9.34. The molecule has 1 N–H and O–H groups in total. The lowest BCUT2D eigenvalue weighted by molar-refractivity contribution is -0.883. The van der Waals surface area contributed by atoms with Crippen LogP contribution in [0.15, 0.2) is 0 Å². The first-order valence-electron chi connectivity index (χ1n) is 17.3. The molecule has 0 saturated carbocycles. The second-order valence-electron chi connectivity index (χ2n) is 12.5. The summed E-state index contributed by atoms with van der Waals surface area (Å²) in [5.41, 5.74) is 0. The molecule has 7 heteroatoms. The van der Waals surface area contributed by atoms with E-state index in [2.05, 4.69) is 13.8 Å². The van der Waals surface area contributed by atoms with Crippen molar-refractivity contribution in [1.82, 2.24) is 4.90 Å². The van der Waals surface area contributed by atoms with E-state index in [0.717, 1.165) is 26.1 Å². The molecule has 0 aromatic rings. The first kappa shape index (κ1) is 42.9. The molecule has 0 aliphatic carbocycles. The Morgan fingerprint density at radius 2 is 0.927 bits per heavy atom. The van der Waals surface area contributed by atoms with Gasteiger partial charge in [0.15, 0.2) is 6.54 Å². The lowest BCUT2D eigenvalue weighted by Gasteiger charge is -2.31. The second-order valence-corrected chi connectivity index (χ2v) is 12.5. The van der Waals surface area contributed by atoms with E-state index in [0.29, 0.717) is 43.9 Å². The number of likely N-dealkylation sites (N-methyl/N-ethyl adjacent to an activating group) is 1. The Hall–Kier alpha value is -0.210. The minimum atomic E-state index is 0. The molecule has 0 aliphatic rings. The summed E-state index contributed by atoms with van der Waals surface area (Å²) < 4.78 is 12.3. The number of nitrogens with zero attached hydrogens (tertiary/aromatic N) is 2. The Bertz CT molecular complexity index is 507. The zero-order valence-corrected chi connectivity index (χ0v) is 29.5. The van der Waals surface area contributed by atoms with Gasteiger partial charge in [-0.3, -0.25) is 4.79 Å². The Morgan fingerprint density at radius 3 is 1.27 bits per heavy atom. The highest BCUT2D eigenvalue weighted by atomic mass is 79.9. The van der Waals surface area contributed by atoms with E-state index in [4.69, 9.17) is 9.47 Å². The fourth-order valence-electron chi connectivity index (χ4n) is 5.11. The smallest absolute Gasteiger partial charge is 0.277 e. The normalized spacial score (nSPS) is 11.5. The standard InChI is InChI=1S/C34H71N2O4.BrH/c1-5-7-9-11-13-15-17-19-21-23-29-39-31-25-35(34(38)33-36(3,4)27-28-37)26-32-40-30-24-22-20-18-16-14-12-10-8-6-2;/h37H,5-33H2,1-4H3;1H/q+1;/p-1. The lowest BCUT2D eigenvalue weighted by atomic mass is 10.1. The average molecular weight is 652 g/mol. The van der Waals surface area contributed by atoms with Gasteiger partial charge >= 0.3 is 0 Å². The molecule has 0 aromatic carbocycles. The molecule has 0 unspecified atom stereocenters. The van der Waals surface area contributed by atoms with Gasteiger partial charge in [-0.15, -0.1) is 0 Å². The molecule has 0 spiro atoms. The van der Waals surface area contributed by atoms with E-state index in [9.17, 15) is 9.90 Å². The molecule has 0 bridgehead atoms. The Kier molecular flexibility index (Phi) is 34.2. The third-order valence-electron chi connectivity index (χ3n) is 7.92. The number of unbranched alkanes of at least 4 members (excludes halogenated alkanes) is 18. The van der Waals surface area contributed by atoms with Gasteiger partial charge in [-0.25, -0.2) is 0 Å². The molecule has 248 valence electrons. The van der Waals surface area contributed by atoms with Crippen LogP contribution in [0.4, 0.5) is 0 Å². The molecule has 6 nitrogen and oxygen atoms in total. The van der Waals surface area contributed by atoms with Crippen molar-refractivity contribution in [3.8, 4) is 0 Å². The van der Waals surface area contributed by atoms with Crippen molar-refractivity contribution in [1.29, 1.82) is 0 Å². The second kappa shape index (κ2) is 32.7. The quantitative estimate of drug-likeness (QED) is 0.0842. The fraction of sp³-hybridized carbons (Fsp3) is 0.971. The summed E-state index contributed by atoms with van der Waals surface area (Å²) in [7, 11) is 3.99. The summed E-state index contributed by atoms with van der Waals surface area (Å²) >= 11 is 0. The number of amides is 1. The summed E-state index contributed by atoms with van der Waals surface area (Å²) in [6, 6.07) is 0. The highest BCUT2D eigenvalue weighted by Gasteiger charge is 2.23. The van der Waals surface area contributed by atoms with Crippen molar-refractivity contribution in [3.63, 3.8) is 0 Å². The number of ether oxygens (including phenoxy) is 2. The number of aliphatic hydroxyl groups excluding tert-OH is 1. The van der Waals surface area contributed by atoms with Crippen LogP contribution in [-0.4, -0.2) is 93.7 Å². The number of halogens is 1. The molecule has 0 atom stereocenters. The highest BCUT2D eigenvalue weighted by Crippen LogP contribution is 2.12. The molecule has 0 rings (SSSR count). The lowest BCUT2D eigenvalue weighted by Crippen LogP contribution is -3.00. The van der Waals surface area contributed by atoms with Gasteiger partial charge in [0.05, 0.1) is 33.9 Å². The molecule has 0 radical (unpaired) electrons. The van der Waals surface area contributed by atoms with Gasteiger partial charge in [-0.1, -0.05) is 129 Å².